The summed E-state index contributed by atoms with van der Waals surface area (Å²) in [6.07, 6.45) is 1.36. The highest BCUT2D eigenvalue weighted by molar-refractivity contribution is 5.91. The first-order valence-corrected chi connectivity index (χ1v) is 7.81. The first-order chi connectivity index (χ1) is 12.5. The van der Waals surface area contributed by atoms with E-state index in [1.165, 1.54) is 36.0 Å². The van der Waals surface area contributed by atoms with E-state index in [9.17, 15) is 18.0 Å². The van der Waals surface area contributed by atoms with Gasteiger partial charge in [0.1, 0.15) is 5.82 Å². The summed E-state index contributed by atoms with van der Waals surface area (Å²) in [7, 11) is 0. The molecule has 0 bridgehead atoms. The quantitative estimate of drug-likeness (QED) is 0.761. The van der Waals surface area contributed by atoms with E-state index in [0.29, 0.717) is 5.56 Å². The van der Waals surface area contributed by atoms with E-state index in [0.717, 1.165) is 0 Å². The molecule has 8 heteroatoms. The number of amides is 1. The van der Waals surface area contributed by atoms with Gasteiger partial charge in [0.05, 0.1) is 12.7 Å². The predicted octanol–water partition coefficient (Wildman–Crippen LogP) is 2.98. The molecule has 0 unspecified atom stereocenters. The number of carbonyl (C=O) groups is 1. The number of halogens is 3. The summed E-state index contributed by atoms with van der Waals surface area (Å²) in [6, 6.07) is 9.04. The molecule has 0 fully saturated rings. The Hall–Kier alpha value is -3.16. The Morgan fingerprint density at radius 1 is 1.08 bits per heavy atom. The highest BCUT2D eigenvalue weighted by atomic mass is 19.2. The van der Waals surface area contributed by atoms with Crippen LogP contribution >= 0.6 is 0 Å². The molecule has 0 aliphatic heterocycles. The van der Waals surface area contributed by atoms with Gasteiger partial charge in [0.2, 0.25) is 0 Å². The van der Waals surface area contributed by atoms with Crippen LogP contribution in [0.1, 0.15) is 27.2 Å². The summed E-state index contributed by atoms with van der Waals surface area (Å²) in [5.74, 6) is -2.91. The highest BCUT2D eigenvalue weighted by Crippen LogP contribution is 2.15. The molecule has 5 nitrogen and oxygen atoms in total. The molecule has 0 spiro atoms. The molecule has 2 aromatic carbocycles. The van der Waals surface area contributed by atoms with Crippen LogP contribution in [0.3, 0.4) is 0 Å². The summed E-state index contributed by atoms with van der Waals surface area (Å²) in [6.45, 7) is 1.38. The lowest BCUT2D eigenvalue weighted by atomic mass is 10.1. The van der Waals surface area contributed by atoms with Crippen molar-refractivity contribution >= 4 is 5.91 Å². The smallest absolute Gasteiger partial charge is 0.273 e. The number of hydrogen-bond donors (Lipinski definition) is 1. The minimum absolute atomic E-state index is 0.00525. The fourth-order valence-electron chi connectivity index (χ4n) is 2.37. The van der Waals surface area contributed by atoms with Gasteiger partial charge in [-0.1, -0.05) is 35.5 Å². The van der Waals surface area contributed by atoms with E-state index in [1.54, 1.807) is 18.2 Å². The van der Waals surface area contributed by atoms with E-state index < -0.39 is 17.5 Å². The van der Waals surface area contributed by atoms with Gasteiger partial charge in [0.15, 0.2) is 17.3 Å². The van der Waals surface area contributed by atoms with E-state index >= 15 is 0 Å². The van der Waals surface area contributed by atoms with Gasteiger partial charge in [-0.3, -0.25) is 4.79 Å². The molecule has 0 radical (unpaired) electrons. The lowest BCUT2D eigenvalue weighted by molar-refractivity contribution is 0.0945. The molecule has 0 saturated carbocycles. The second-order valence-electron chi connectivity index (χ2n) is 5.74. The van der Waals surface area contributed by atoms with Crippen molar-refractivity contribution in [1.29, 1.82) is 0 Å². The zero-order valence-corrected chi connectivity index (χ0v) is 13.8. The van der Waals surface area contributed by atoms with Gasteiger partial charge in [-0.2, -0.15) is 0 Å². The maximum Gasteiger partial charge on any atom is 0.273 e. The molecular formula is C18H15F3N4O. The van der Waals surface area contributed by atoms with Crippen molar-refractivity contribution in [2.24, 2.45) is 0 Å². The summed E-state index contributed by atoms with van der Waals surface area (Å²) in [5.41, 5.74) is 0.616. The lowest BCUT2D eigenvalue weighted by Crippen LogP contribution is -2.24. The zero-order chi connectivity index (χ0) is 18.7. The summed E-state index contributed by atoms with van der Waals surface area (Å²) >= 11 is 0. The molecule has 3 aromatic rings. The number of aryl methyl sites for hydroxylation is 1. The van der Waals surface area contributed by atoms with Gasteiger partial charge in [-0.15, -0.1) is 5.10 Å². The summed E-state index contributed by atoms with van der Waals surface area (Å²) < 4.78 is 42.3. The first kappa shape index (κ1) is 17.7. The van der Waals surface area contributed by atoms with Crippen molar-refractivity contribution in [2.75, 3.05) is 0 Å². The number of hydrogen-bond acceptors (Lipinski definition) is 3. The molecule has 0 saturated heterocycles. The largest absolute Gasteiger partial charge is 0.346 e. The monoisotopic (exact) mass is 360 g/mol. The third kappa shape index (κ3) is 3.74. The molecule has 1 amide bonds. The van der Waals surface area contributed by atoms with Crippen LogP contribution < -0.4 is 5.32 Å². The van der Waals surface area contributed by atoms with Crippen molar-refractivity contribution in [3.05, 3.63) is 82.4 Å². The molecule has 1 heterocycles. The van der Waals surface area contributed by atoms with Crippen LogP contribution in [-0.4, -0.2) is 20.9 Å². The van der Waals surface area contributed by atoms with E-state index in [2.05, 4.69) is 15.6 Å². The lowest BCUT2D eigenvalue weighted by Gasteiger charge is -2.07. The van der Waals surface area contributed by atoms with Gasteiger partial charge < -0.3 is 5.32 Å². The fraction of sp³-hybridized carbons (Fsp3) is 0.167. The third-order valence-electron chi connectivity index (χ3n) is 3.86. The fourth-order valence-corrected chi connectivity index (χ4v) is 2.37. The predicted molar refractivity (Wildman–Crippen MR) is 87.8 cm³/mol. The standard InChI is InChI=1S/C18H15F3N4O/c1-11-6-7-12(17(21)16(11)20)8-22-18(26)15-10-25(24-23-15)9-13-4-2-3-5-14(13)19/h2-7,10H,8-9H2,1H3,(H,22,26). The number of nitrogens with one attached hydrogen (secondary N) is 1. The Labute approximate surface area is 147 Å². The van der Waals surface area contributed by atoms with Crippen LogP contribution in [0.15, 0.2) is 42.6 Å². The van der Waals surface area contributed by atoms with Crippen LogP contribution in [0, 0.1) is 24.4 Å². The van der Waals surface area contributed by atoms with Gasteiger partial charge in [0, 0.05) is 17.7 Å². The van der Waals surface area contributed by atoms with Crippen molar-refractivity contribution in [1.82, 2.24) is 20.3 Å². The van der Waals surface area contributed by atoms with Gasteiger partial charge in [-0.05, 0) is 18.6 Å². The SMILES string of the molecule is Cc1ccc(CNC(=O)c2cn(Cc3ccccc3F)nn2)c(F)c1F. The highest BCUT2D eigenvalue weighted by Gasteiger charge is 2.15. The number of benzene rings is 2. The molecular weight excluding hydrogens is 345 g/mol. The Kier molecular flexibility index (Phi) is 5.01. The van der Waals surface area contributed by atoms with Gasteiger partial charge in [0.25, 0.3) is 5.91 Å². The molecule has 0 aliphatic carbocycles. The van der Waals surface area contributed by atoms with Crippen LogP contribution in [0.25, 0.3) is 0 Å². The minimum atomic E-state index is -0.992. The average Bonchev–Trinajstić information content (AvgIpc) is 3.09. The molecule has 1 N–H and O–H groups in total. The number of aromatic nitrogens is 3. The Morgan fingerprint density at radius 2 is 1.85 bits per heavy atom. The van der Waals surface area contributed by atoms with Crippen molar-refractivity contribution in [3.8, 4) is 0 Å². The maximum atomic E-state index is 13.8. The van der Waals surface area contributed by atoms with Gasteiger partial charge >= 0.3 is 0 Å². The second kappa shape index (κ2) is 7.38. The molecule has 1 aromatic heterocycles. The van der Waals surface area contributed by atoms with E-state index in [-0.39, 0.29) is 35.7 Å². The molecule has 134 valence electrons. The second-order valence-corrected chi connectivity index (χ2v) is 5.74. The number of nitrogens with zero attached hydrogens (tertiary/aromatic N) is 3. The van der Waals surface area contributed by atoms with Crippen molar-refractivity contribution < 1.29 is 18.0 Å². The first-order valence-electron chi connectivity index (χ1n) is 7.81. The maximum absolute atomic E-state index is 13.8. The summed E-state index contributed by atoms with van der Waals surface area (Å²) in [5, 5.41) is 9.95. The van der Waals surface area contributed by atoms with Crippen molar-refractivity contribution in [2.45, 2.75) is 20.0 Å². The number of carbonyl (C=O) groups excluding carboxylic acids is 1. The zero-order valence-electron chi connectivity index (χ0n) is 13.8. The summed E-state index contributed by atoms with van der Waals surface area (Å²) in [4.78, 5) is 12.1. The third-order valence-corrected chi connectivity index (χ3v) is 3.86. The minimum Gasteiger partial charge on any atom is -0.346 e. The molecule has 26 heavy (non-hydrogen) atoms. The average molecular weight is 360 g/mol. The topological polar surface area (TPSA) is 59.8 Å². The molecule has 0 aliphatic rings. The van der Waals surface area contributed by atoms with Crippen LogP contribution in [-0.2, 0) is 13.1 Å². The van der Waals surface area contributed by atoms with Crippen molar-refractivity contribution in [3.63, 3.8) is 0 Å². The molecule has 0 atom stereocenters. The van der Waals surface area contributed by atoms with E-state index in [4.69, 9.17) is 0 Å². The Morgan fingerprint density at radius 3 is 2.62 bits per heavy atom. The molecule has 3 rings (SSSR count). The Bertz CT molecular complexity index is 955. The normalized spacial score (nSPS) is 10.8. The van der Waals surface area contributed by atoms with E-state index in [1.807, 2.05) is 0 Å². The van der Waals surface area contributed by atoms with Crippen LogP contribution in [0.5, 0.6) is 0 Å². The van der Waals surface area contributed by atoms with Crippen LogP contribution in [0.4, 0.5) is 13.2 Å². The van der Waals surface area contributed by atoms with Gasteiger partial charge in [-0.25, -0.2) is 17.9 Å². The van der Waals surface area contributed by atoms with Crippen LogP contribution in [0.2, 0.25) is 0 Å². The Balaban J connectivity index is 1.65. The number of rotatable bonds is 5.